The Labute approximate surface area is 111 Å². The van der Waals surface area contributed by atoms with Crippen molar-refractivity contribution < 1.29 is 9.90 Å². The summed E-state index contributed by atoms with van der Waals surface area (Å²) in [6.07, 6.45) is 0. The van der Waals surface area contributed by atoms with Crippen molar-refractivity contribution in [2.75, 3.05) is 25.0 Å². The second-order valence-electron chi connectivity index (χ2n) is 3.54. The van der Waals surface area contributed by atoms with E-state index in [0.717, 1.165) is 0 Å². The van der Waals surface area contributed by atoms with E-state index < -0.39 is 0 Å². The van der Waals surface area contributed by atoms with Gasteiger partial charge in [0.1, 0.15) is 6.07 Å². The van der Waals surface area contributed by atoms with E-state index in [2.05, 4.69) is 5.32 Å². The normalized spacial score (nSPS) is 9.67. The summed E-state index contributed by atoms with van der Waals surface area (Å²) in [6, 6.07) is 6.30. The Morgan fingerprint density at radius 1 is 1.61 bits per heavy atom. The topological polar surface area (TPSA) is 76.4 Å². The number of rotatable bonds is 4. The molecule has 0 aliphatic heterocycles. The van der Waals surface area contributed by atoms with Gasteiger partial charge in [0.05, 0.1) is 17.2 Å². The SMILES string of the molecule is CCN(CCO)C(=O)Nc1ccc(C#N)c(Cl)c1. The Hall–Kier alpha value is -1.77. The Kier molecular flexibility index (Phi) is 5.43. The molecule has 6 heteroatoms. The van der Waals surface area contributed by atoms with Gasteiger partial charge in [0.25, 0.3) is 0 Å². The number of carbonyl (C=O) groups excluding carboxylic acids is 1. The molecule has 96 valence electrons. The standard InChI is InChI=1S/C12H14ClN3O2/c1-2-16(5-6-17)12(18)15-10-4-3-9(8-14)11(13)7-10/h3-4,7,17H,2,5-6H2,1H3,(H,15,18). The number of nitriles is 1. The fraction of sp³-hybridized carbons (Fsp3) is 0.333. The van der Waals surface area contributed by atoms with E-state index in [1.165, 1.54) is 11.0 Å². The molecule has 0 spiro atoms. The largest absolute Gasteiger partial charge is 0.395 e. The lowest BCUT2D eigenvalue weighted by Gasteiger charge is -2.20. The highest BCUT2D eigenvalue weighted by atomic mass is 35.5. The highest BCUT2D eigenvalue weighted by molar-refractivity contribution is 6.32. The fourth-order valence-corrected chi connectivity index (χ4v) is 1.63. The summed E-state index contributed by atoms with van der Waals surface area (Å²) < 4.78 is 0. The summed E-state index contributed by atoms with van der Waals surface area (Å²) in [5.74, 6) is 0. The summed E-state index contributed by atoms with van der Waals surface area (Å²) >= 11 is 5.86. The van der Waals surface area contributed by atoms with E-state index in [0.29, 0.717) is 22.8 Å². The van der Waals surface area contributed by atoms with Gasteiger partial charge in [-0.05, 0) is 25.1 Å². The maximum Gasteiger partial charge on any atom is 0.321 e. The zero-order chi connectivity index (χ0) is 13.5. The zero-order valence-electron chi connectivity index (χ0n) is 9.98. The average Bonchev–Trinajstić information content (AvgIpc) is 2.36. The first kappa shape index (κ1) is 14.3. The number of benzene rings is 1. The number of hydrogen-bond donors (Lipinski definition) is 2. The Bertz CT molecular complexity index is 471. The molecule has 0 aliphatic rings. The quantitative estimate of drug-likeness (QED) is 0.877. The monoisotopic (exact) mass is 267 g/mol. The molecule has 0 atom stereocenters. The summed E-state index contributed by atoms with van der Waals surface area (Å²) in [4.78, 5) is 13.3. The van der Waals surface area contributed by atoms with Gasteiger partial charge in [0.15, 0.2) is 0 Å². The van der Waals surface area contributed by atoms with Gasteiger partial charge < -0.3 is 15.3 Å². The van der Waals surface area contributed by atoms with E-state index in [-0.39, 0.29) is 19.2 Å². The van der Waals surface area contributed by atoms with Crippen LogP contribution in [0.5, 0.6) is 0 Å². The van der Waals surface area contributed by atoms with Crippen LogP contribution in [0.25, 0.3) is 0 Å². The van der Waals surface area contributed by atoms with Crippen LogP contribution in [-0.4, -0.2) is 35.7 Å². The van der Waals surface area contributed by atoms with Gasteiger partial charge in [-0.25, -0.2) is 4.79 Å². The van der Waals surface area contributed by atoms with Gasteiger partial charge in [0, 0.05) is 18.8 Å². The van der Waals surface area contributed by atoms with Crippen LogP contribution in [0.3, 0.4) is 0 Å². The second-order valence-corrected chi connectivity index (χ2v) is 3.95. The molecular formula is C12H14ClN3O2. The number of nitrogens with zero attached hydrogens (tertiary/aromatic N) is 2. The smallest absolute Gasteiger partial charge is 0.321 e. The molecule has 1 rings (SSSR count). The number of carbonyl (C=O) groups is 1. The molecule has 0 radical (unpaired) electrons. The molecular weight excluding hydrogens is 254 g/mol. The van der Waals surface area contributed by atoms with E-state index in [4.69, 9.17) is 22.0 Å². The third-order valence-electron chi connectivity index (χ3n) is 2.38. The number of urea groups is 1. The number of amides is 2. The number of aliphatic hydroxyl groups excluding tert-OH is 1. The van der Waals surface area contributed by atoms with E-state index >= 15 is 0 Å². The Morgan fingerprint density at radius 3 is 2.83 bits per heavy atom. The van der Waals surface area contributed by atoms with Crippen LogP contribution in [-0.2, 0) is 0 Å². The molecule has 0 heterocycles. The fourth-order valence-electron chi connectivity index (χ4n) is 1.41. The third-order valence-corrected chi connectivity index (χ3v) is 2.69. The van der Waals surface area contributed by atoms with E-state index in [1.54, 1.807) is 12.1 Å². The van der Waals surface area contributed by atoms with Gasteiger partial charge in [-0.3, -0.25) is 0 Å². The molecule has 0 aliphatic carbocycles. The number of hydrogen-bond acceptors (Lipinski definition) is 3. The van der Waals surface area contributed by atoms with Crippen LogP contribution in [0, 0.1) is 11.3 Å². The predicted molar refractivity (Wildman–Crippen MR) is 69.5 cm³/mol. The highest BCUT2D eigenvalue weighted by Gasteiger charge is 2.11. The van der Waals surface area contributed by atoms with Crippen molar-refractivity contribution in [1.82, 2.24) is 4.90 Å². The molecule has 1 aromatic rings. The van der Waals surface area contributed by atoms with Crippen LogP contribution in [0.1, 0.15) is 12.5 Å². The minimum atomic E-state index is -0.313. The first-order valence-electron chi connectivity index (χ1n) is 5.48. The number of aliphatic hydroxyl groups is 1. The lowest BCUT2D eigenvalue weighted by molar-refractivity contribution is 0.192. The molecule has 0 saturated heterocycles. The van der Waals surface area contributed by atoms with Gasteiger partial charge in [-0.2, -0.15) is 5.26 Å². The first-order chi connectivity index (χ1) is 8.62. The minimum absolute atomic E-state index is 0.0879. The molecule has 18 heavy (non-hydrogen) atoms. The molecule has 0 fully saturated rings. The molecule has 2 N–H and O–H groups in total. The summed E-state index contributed by atoms with van der Waals surface area (Å²) in [5.41, 5.74) is 0.873. The first-order valence-corrected chi connectivity index (χ1v) is 5.86. The lowest BCUT2D eigenvalue weighted by Crippen LogP contribution is -2.36. The third kappa shape index (κ3) is 3.62. The van der Waals surface area contributed by atoms with Crippen molar-refractivity contribution in [3.05, 3.63) is 28.8 Å². The van der Waals surface area contributed by atoms with Crippen LogP contribution < -0.4 is 5.32 Å². The number of nitrogens with one attached hydrogen (secondary N) is 1. The summed E-state index contributed by atoms with van der Waals surface area (Å²) in [5, 5.41) is 20.5. The van der Waals surface area contributed by atoms with Crippen molar-refractivity contribution in [3.63, 3.8) is 0 Å². The molecule has 1 aromatic carbocycles. The molecule has 5 nitrogen and oxygen atoms in total. The second kappa shape index (κ2) is 6.84. The van der Waals surface area contributed by atoms with Gasteiger partial charge >= 0.3 is 6.03 Å². The van der Waals surface area contributed by atoms with Crippen molar-refractivity contribution in [1.29, 1.82) is 5.26 Å². The van der Waals surface area contributed by atoms with Crippen molar-refractivity contribution in [2.45, 2.75) is 6.92 Å². The zero-order valence-corrected chi connectivity index (χ0v) is 10.7. The van der Waals surface area contributed by atoms with Crippen molar-refractivity contribution in [2.24, 2.45) is 0 Å². The Balaban J connectivity index is 2.76. The summed E-state index contributed by atoms with van der Waals surface area (Å²) in [6.45, 7) is 2.50. The average molecular weight is 268 g/mol. The molecule has 0 saturated carbocycles. The van der Waals surface area contributed by atoms with Crippen LogP contribution >= 0.6 is 11.6 Å². The van der Waals surface area contributed by atoms with Crippen LogP contribution in [0.2, 0.25) is 5.02 Å². The summed E-state index contributed by atoms with van der Waals surface area (Å²) in [7, 11) is 0. The highest BCUT2D eigenvalue weighted by Crippen LogP contribution is 2.20. The maximum absolute atomic E-state index is 11.8. The van der Waals surface area contributed by atoms with Crippen molar-refractivity contribution in [3.8, 4) is 6.07 Å². The molecule has 0 bridgehead atoms. The van der Waals surface area contributed by atoms with Crippen molar-refractivity contribution >= 4 is 23.3 Å². The van der Waals surface area contributed by atoms with E-state index in [1.807, 2.05) is 13.0 Å². The maximum atomic E-state index is 11.8. The molecule has 0 unspecified atom stereocenters. The van der Waals surface area contributed by atoms with Gasteiger partial charge in [-0.15, -0.1) is 0 Å². The van der Waals surface area contributed by atoms with Gasteiger partial charge in [0.2, 0.25) is 0 Å². The number of halogens is 1. The van der Waals surface area contributed by atoms with Gasteiger partial charge in [-0.1, -0.05) is 11.6 Å². The number of likely N-dealkylation sites (N-methyl/N-ethyl adjacent to an activating group) is 1. The van der Waals surface area contributed by atoms with E-state index in [9.17, 15) is 4.79 Å². The minimum Gasteiger partial charge on any atom is -0.395 e. The lowest BCUT2D eigenvalue weighted by atomic mass is 10.2. The van der Waals surface area contributed by atoms with Crippen LogP contribution in [0.15, 0.2) is 18.2 Å². The Morgan fingerprint density at radius 2 is 2.33 bits per heavy atom. The van der Waals surface area contributed by atoms with Crippen LogP contribution in [0.4, 0.5) is 10.5 Å². The molecule has 0 aromatic heterocycles. The number of anilines is 1. The molecule has 2 amide bonds. The predicted octanol–water partition coefficient (Wildman–Crippen LogP) is 2.06.